The Morgan fingerprint density at radius 2 is 2.04 bits per heavy atom. The number of nitrogens with zero attached hydrogens (tertiary/aromatic N) is 4. The van der Waals surface area contributed by atoms with Crippen molar-refractivity contribution in [3.8, 4) is 0 Å². The van der Waals surface area contributed by atoms with E-state index in [1.165, 1.54) is 6.07 Å². The van der Waals surface area contributed by atoms with E-state index in [0.29, 0.717) is 21.4 Å². The first kappa shape index (κ1) is 15.5. The molecule has 8 heteroatoms. The van der Waals surface area contributed by atoms with Crippen molar-refractivity contribution in [2.75, 3.05) is 0 Å². The summed E-state index contributed by atoms with van der Waals surface area (Å²) >= 11 is 11.9. The summed E-state index contributed by atoms with van der Waals surface area (Å²) in [5.74, 6) is -1.05. The summed E-state index contributed by atoms with van der Waals surface area (Å²) in [4.78, 5) is 15.5. The third-order valence-electron chi connectivity index (χ3n) is 3.18. The largest absolute Gasteiger partial charge is 0.476 e. The average molecular weight is 349 g/mol. The Bertz CT molecular complexity index is 950. The molecule has 6 nitrogen and oxygen atoms in total. The van der Waals surface area contributed by atoms with Gasteiger partial charge in [0.25, 0.3) is 0 Å². The van der Waals surface area contributed by atoms with Gasteiger partial charge in [0.2, 0.25) is 0 Å². The molecule has 0 saturated heterocycles. The van der Waals surface area contributed by atoms with Gasteiger partial charge in [-0.3, -0.25) is 4.40 Å². The highest BCUT2D eigenvalue weighted by molar-refractivity contribution is 6.36. The van der Waals surface area contributed by atoms with Gasteiger partial charge in [-0.25, -0.2) is 9.78 Å². The quantitative estimate of drug-likeness (QED) is 0.671. The Morgan fingerprint density at radius 1 is 1.26 bits per heavy atom. The number of aromatic carboxylic acids is 1. The first-order chi connectivity index (χ1) is 11.0. The number of pyridine rings is 1. The fourth-order valence-electron chi connectivity index (χ4n) is 2.09. The summed E-state index contributed by atoms with van der Waals surface area (Å²) in [6.45, 7) is 1.84. The van der Waals surface area contributed by atoms with Crippen LogP contribution in [0.4, 0.5) is 11.5 Å². The predicted octanol–water partition coefficient (Wildman–Crippen LogP) is 5.06. The molecule has 0 radical (unpaired) electrons. The lowest BCUT2D eigenvalue weighted by molar-refractivity contribution is 0.0692. The van der Waals surface area contributed by atoms with E-state index in [2.05, 4.69) is 15.2 Å². The summed E-state index contributed by atoms with van der Waals surface area (Å²) in [7, 11) is 0. The highest BCUT2D eigenvalue weighted by Gasteiger charge is 2.19. The minimum absolute atomic E-state index is 0.127. The van der Waals surface area contributed by atoms with Gasteiger partial charge in [-0.05, 0) is 36.8 Å². The van der Waals surface area contributed by atoms with Crippen LogP contribution in [-0.2, 0) is 0 Å². The Kier molecular flexibility index (Phi) is 4.02. The van der Waals surface area contributed by atoms with E-state index in [-0.39, 0.29) is 11.5 Å². The van der Waals surface area contributed by atoms with E-state index < -0.39 is 5.97 Å². The standard InChI is InChI=1S/C15H10Cl2N4O2/c1-8-3-2-6-21-13(8)18-12(15(22)23)14(21)20-19-11-5-4-9(16)7-10(11)17/h2-7H,1H3,(H,22,23). The van der Waals surface area contributed by atoms with Gasteiger partial charge in [0, 0.05) is 11.2 Å². The number of hydrogen-bond acceptors (Lipinski definition) is 4. The summed E-state index contributed by atoms with van der Waals surface area (Å²) in [6.07, 6.45) is 1.68. The number of benzene rings is 1. The van der Waals surface area contributed by atoms with Crippen molar-refractivity contribution in [3.05, 3.63) is 57.8 Å². The molecule has 0 fully saturated rings. The molecule has 1 N–H and O–H groups in total. The number of aryl methyl sites for hydroxylation is 1. The normalized spacial score (nSPS) is 11.4. The predicted molar refractivity (Wildman–Crippen MR) is 87.5 cm³/mol. The molecule has 116 valence electrons. The average Bonchev–Trinajstić information content (AvgIpc) is 2.87. The first-order valence-corrected chi connectivity index (χ1v) is 7.30. The fraction of sp³-hybridized carbons (Fsp3) is 0.0667. The summed E-state index contributed by atoms with van der Waals surface area (Å²) < 4.78 is 1.58. The van der Waals surface area contributed by atoms with Gasteiger partial charge >= 0.3 is 5.97 Å². The van der Waals surface area contributed by atoms with Crippen LogP contribution in [0.3, 0.4) is 0 Å². The molecule has 0 atom stereocenters. The maximum atomic E-state index is 11.4. The van der Waals surface area contributed by atoms with Crippen molar-refractivity contribution in [3.63, 3.8) is 0 Å². The van der Waals surface area contributed by atoms with Crippen LogP contribution in [0.2, 0.25) is 10.0 Å². The van der Waals surface area contributed by atoms with Crippen molar-refractivity contribution in [1.82, 2.24) is 9.38 Å². The number of azo groups is 1. The second kappa shape index (κ2) is 5.98. The molecule has 0 aliphatic heterocycles. The number of rotatable bonds is 3. The van der Waals surface area contributed by atoms with Crippen LogP contribution in [-0.4, -0.2) is 20.5 Å². The molecular formula is C15H10Cl2N4O2. The lowest BCUT2D eigenvalue weighted by Crippen LogP contribution is -1.96. The molecule has 0 bridgehead atoms. The first-order valence-electron chi connectivity index (χ1n) is 6.55. The molecule has 0 aliphatic carbocycles. The van der Waals surface area contributed by atoms with Gasteiger partial charge in [0.1, 0.15) is 11.3 Å². The van der Waals surface area contributed by atoms with Gasteiger partial charge in [-0.2, -0.15) is 0 Å². The van der Waals surface area contributed by atoms with Crippen LogP contribution in [0.1, 0.15) is 16.1 Å². The number of carbonyl (C=O) groups is 1. The molecule has 3 rings (SSSR count). The van der Waals surface area contributed by atoms with E-state index >= 15 is 0 Å². The number of fused-ring (bicyclic) bond motifs is 1. The van der Waals surface area contributed by atoms with Gasteiger partial charge in [0.15, 0.2) is 11.5 Å². The van der Waals surface area contributed by atoms with E-state index in [9.17, 15) is 9.90 Å². The Labute approximate surface area is 141 Å². The summed E-state index contributed by atoms with van der Waals surface area (Å²) in [6, 6.07) is 8.38. The number of hydrogen-bond donors (Lipinski definition) is 1. The number of aromatic nitrogens is 2. The van der Waals surface area contributed by atoms with Gasteiger partial charge in [-0.1, -0.05) is 29.3 Å². The van der Waals surface area contributed by atoms with Crippen LogP contribution in [0.25, 0.3) is 5.65 Å². The fourth-order valence-corrected chi connectivity index (χ4v) is 2.54. The molecule has 0 aliphatic rings. The summed E-state index contributed by atoms with van der Waals surface area (Å²) in [5.41, 5.74) is 1.56. The van der Waals surface area contributed by atoms with Crippen LogP contribution in [0, 0.1) is 6.92 Å². The molecule has 3 aromatic rings. The van der Waals surface area contributed by atoms with Crippen LogP contribution < -0.4 is 0 Å². The zero-order valence-corrected chi connectivity index (χ0v) is 13.4. The molecule has 0 unspecified atom stereocenters. The third kappa shape index (κ3) is 2.91. The van der Waals surface area contributed by atoms with Crippen LogP contribution >= 0.6 is 23.2 Å². The smallest absolute Gasteiger partial charge is 0.358 e. The third-order valence-corrected chi connectivity index (χ3v) is 3.72. The lowest BCUT2D eigenvalue weighted by atomic mass is 10.3. The van der Waals surface area contributed by atoms with Crippen LogP contribution in [0.5, 0.6) is 0 Å². The second-order valence-electron chi connectivity index (χ2n) is 4.77. The highest BCUT2D eigenvalue weighted by atomic mass is 35.5. The van der Waals surface area contributed by atoms with Crippen LogP contribution in [0.15, 0.2) is 46.8 Å². The number of imidazole rings is 1. The summed E-state index contributed by atoms with van der Waals surface area (Å²) in [5, 5.41) is 18.2. The van der Waals surface area contributed by atoms with E-state index in [1.807, 2.05) is 13.0 Å². The molecule has 0 saturated carbocycles. The Hall–Kier alpha value is -2.44. The molecule has 0 amide bonds. The van der Waals surface area contributed by atoms with Crippen molar-refractivity contribution in [1.29, 1.82) is 0 Å². The number of carboxylic acid groups (broad SMARTS) is 1. The number of carboxylic acids is 1. The van der Waals surface area contributed by atoms with E-state index in [0.717, 1.165) is 5.56 Å². The van der Waals surface area contributed by atoms with Crippen molar-refractivity contribution in [2.45, 2.75) is 6.92 Å². The zero-order chi connectivity index (χ0) is 16.6. The SMILES string of the molecule is Cc1cccn2c(N=Nc3ccc(Cl)cc3Cl)c(C(=O)O)nc12. The monoisotopic (exact) mass is 348 g/mol. The van der Waals surface area contributed by atoms with E-state index in [1.54, 1.807) is 28.8 Å². The van der Waals surface area contributed by atoms with Crippen molar-refractivity contribution in [2.24, 2.45) is 10.2 Å². The minimum Gasteiger partial charge on any atom is -0.476 e. The number of halogens is 2. The van der Waals surface area contributed by atoms with Gasteiger partial charge in [0.05, 0.1) is 5.02 Å². The molecule has 0 spiro atoms. The Morgan fingerprint density at radius 3 is 2.74 bits per heavy atom. The van der Waals surface area contributed by atoms with Crippen molar-refractivity contribution < 1.29 is 9.90 Å². The molecule has 23 heavy (non-hydrogen) atoms. The van der Waals surface area contributed by atoms with Gasteiger partial charge in [-0.15, -0.1) is 10.2 Å². The molecule has 1 aromatic carbocycles. The zero-order valence-electron chi connectivity index (χ0n) is 11.9. The second-order valence-corrected chi connectivity index (χ2v) is 5.61. The maximum absolute atomic E-state index is 11.4. The topological polar surface area (TPSA) is 79.3 Å². The maximum Gasteiger partial charge on any atom is 0.358 e. The molecule has 2 aromatic heterocycles. The molecule has 2 heterocycles. The van der Waals surface area contributed by atoms with Crippen molar-refractivity contribution >= 4 is 46.3 Å². The molecular weight excluding hydrogens is 339 g/mol. The Balaban J connectivity index is 2.15. The lowest BCUT2D eigenvalue weighted by Gasteiger charge is -1.99. The minimum atomic E-state index is -1.18. The van der Waals surface area contributed by atoms with Gasteiger partial charge < -0.3 is 5.11 Å². The highest BCUT2D eigenvalue weighted by Crippen LogP contribution is 2.31. The van der Waals surface area contributed by atoms with E-state index in [4.69, 9.17) is 23.2 Å².